The quantitative estimate of drug-likeness (QED) is 0.0410. The molecule has 0 saturated heterocycles. The fraction of sp³-hybridized carbons (Fsp3) is 0.533. The van der Waals surface area contributed by atoms with E-state index in [9.17, 15) is 4.79 Å². The molecule has 0 aliphatic rings. The molecule has 0 rings (SSSR count). The normalized spacial score (nSPS) is 13.0. The Morgan fingerprint density at radius 3 is 0.875 bits per heavy atom. The lowest BCUT2D eigenvalue weighted by atomic mass is 10.1. The molecule has 0 unspecified atom stereocenters. The van der Waals surface area contributed by atoms with Crippen molar-refractivity contribution in [1.29, 1.82) is 0 Å². The molecule has 0 saturated carbocycles. The molecule has 0 atom stereocenters. The molecule has 3 nitrogen and oxygen atoms in total. The minimum atomic E-state index is -0.521. The van der Waals surface area contributed by atoms with Gasteiger partial charge in [-0.25, -0.2) is 4.79 Å². The molecule has 0 amide bonds. The third kappa shape index (κ3) is 40.7. The predicted octanol–water partition coefficient (Wildman–Crippen LogP) is 14.5. The second kappa shape index (κ2) is 41.7. The number of allylic oxidation sites excluding steroid dienone is 20. The Bertz CT molecular complexity index is 906. The molecule has 0 aliphatic carbocycles. The molecule has 0 aromatic rings. The van der Waals surface area contributed by atoms with Crippen LogP contribution in [0.1, 0.15) is 142 Å². The molecule has 3 heteroatoms. The monoisotopic (exact) mass is 659 g/mol. The standard InChI is InChI=1S/C45H70O3/c1-3-5-7-9-11-13-15-17-19-21-23-25-27-29-31-33-35-37-39-41-43-47-45(46)48-44-42-40-38-36-34-32-30-28-26-24-22-20-18-16-14-12-10-8-6-4-2/h5-8,11-14,17-20,23-26,29-32H,3-4,9-10,15-16,21-22,27-28,33-44H2,1-2H3. The number of hydrogen-bond acceptors (Lipinski definition) is 3. The van der Waals surface area contributed by atoms with Gasteiger partial charge >= 0.3 is 6.16 Å². The Hall–Kier alpha value is -3.33. The number of unbranched alkanes of at least 4 members (excludes halogenated alkanes) is 8. The molecular formula is C45H70O3. The smallest absolute Gasteiger partial charge is 0.434 e. The summed E-state index contributed by atoms with van der Waals surface area (Å²) >= 11 is 0. The van der Waals surface area contributed by atoms with Crippen molar-refractivity contribution >= 4 is 6.16 Å². The Labute approximate surface area is 296 Å². The van der Waals surface area contributed by atoms with Crippen molar-refractivity contribution in [3.05, 3.63) is 122 Å². The third-order valence-corrected chi connectivity index (χ3v) is 7.29. The highest BCUT2D eigenvalue weighted by molar-refractivity contribution is 5.59. The van der Waals surface area contributed by atoms with Crippen molar-refractivity contribution in [3.63, 3.8) is 0 Å². The fourth-order valence-corrected chi connectivity index (χ4v) is 4.53. The van der Waals surface area contributed by atoms with Crippen LogP contribution < -0.4 is 0 Å². The van der Waals surface area contributed by atoms with E-state index in [-0.39, 0.29) is 0 Å². The largest absolute Gasteiger partial charge is 0.508 e. The summed E-state index contributed by atoms with van der Waals surface area (Å²) < 4.78 is 10.4. The van der Waals surface area contributed by atoms with E-state index in [0.29, 0.717) is 13.2 Å². The summed E-state index contributed by atoms with van der Waals surface area (Å²) in [5.74, 6) is 0. The average Bonchev–Trinajstić information content (AvgIpc) is 3.09. The molecule has 0 aromatic heterocycles. The van der Waals surface area contributed by atoms with Crippen molar-refractivity contribution in [2.24, 2.45) is 0 Å². The minimum absolute atomic E-state index is 0.452. The summed E-state index contributed by atoms with van der Waals surface area (Å²) in [5, 5.41) is 0. The van der Waals surface area contributed by atoms with E-state index < -0.39 is 6.16 Å². The molecule has 48 heavy (non-hydrogen) atoms. The Kier molecular flexibility index (Phi) is 38.8. The molecule has 0 aliphatic heterocycles. The maximum Gasteiger partial charge on any atom is 0.508 e. The summed E-state index contributed by atoms with van der Waals surface area (Å²) in [6, 6.07) is 0. The summed E-state index contributed by atoms with van der Waals surface area (Å²) in [4.78, 5) is 11.8. The SMILES string of the molecule is CCC=CCC=CCC=CCC=CCC=CCCCCCCOC(=O)OCCCCCCC=CCC=CCC=CCC=CCC=CCC. The Morgan fingerprint density at radius 1 is 0.333 bits per heavy atom. The van der Waals surface area contributed by atoms with Crippen LogP contribution in [0, 0.1) is 0 Å². The van der Waals surface area contributed by atoms with Crippen LogP contribution >= 0.6 is 0 Å². The summed E-state index contributed by atoms with van der Waals surface area (Å²) in [6.45, 7) is 5.22. The molecule has 0 bridgehead atoms. The van der Waals surface area contributed by atoms with Crippen molar-refractivity contribution in [1.82, 2.24) is 0 Å². The summed E-state index contributed by atoms with van der Waals surface area (Å²) in [7, 11) is 0. The molecule has 268 valence electrons. The van der Waals surface area contributed by atoms with Crippen LogP contribution in [0.25, 0.3) is 0 Å². The van der Waals surface area contributed by atoms with E-state index in [1.54, 1.807) is 0 Å². The van der Waals surface area contributed by atoms with Gasteiger partial charge in [0.1, 0.15) is 0 Å². The first-order valence-electron chi connectivity index (χ1n) is 19.1. The van der Waals surface area contributed by atoms with Crippen molar-refractivity contribution in [2.75, 3.05) is 13.2 Å². The van der Waals surface area contributed by atoms with Crippen LogP contribution in [-0.4, -0.2) is 19.4 Å². The molecular weight excluding hydrogens is 588 g/mol. The van der Waals surface area contributed by atoms with E-state index >= 15 is 0 Å². The summed E-state index contributed by atoms with van der Waals surface area (Å²) in [5.41, 5.74) is 0. The van der Waals surface area contributed by atoms with Gasteiger partial charge in [0.15, 0.2) is 0 Å². The lowest BCUT2D eigenvalue weighted by Gasteiger charge is -2.06. The van der Waals surface area contributed by atoms with Gasteiger partial charge in [0.05, 0.1) is 13.2 Å². The van der Waals surface area contributed by atoms with Gasteiger partial charge in [0.2, 0.25) is 0 Å². The lowest BCUT2D eigenvalue weighted by molar-refractivity contribution is 0.0529. The van der Waals surface area contributed by atoms with E-state index in [0.717, 1.165) is 116 Å². The van der Waals surface area contributed by atoms with E-state index in [1.165, 1.54) is 12.8 Å². The van der Waals surface area contributed by atoms with Gasteiger partial charge in [0.25, 0.3) is 0 Å². The zero-order chi connectivity index (χ0) is 34.7. The highest BCUT2D eigenvalue weighted by atomic mass is 16.7. The molecule has 0 N–H and O–H groups in total. The van der Waals surface area contributed by atoms with Gasteiger partial charge < -0.3 is 9.47 Å². The molecule has 0 spiro atoms. The number of carbonyl (C=O) groups is 1. The van der Waals surface area contributed by atoms with E-state index in [1.807, 2.05) is 0 Å². The van der Waals surface area contributed by atoms with Crippen LogP contribution in [0.2, 0.25) is 0 Å². The topological polar surface area (TPSA) is 35.5 Å². The van der Waals surface area contributed by atoms with Gasteiger partial charge in [-0.3, -0.25) is 0 Å². The Balaban J connectivity index is 3.44. The van der Waals surface area contributed by atoms with Gasteiger partial charge in [-0.15, -0.1) is 0 Å². The zero-order valence-corrected chi connectivity index (χ0v) is 30.8. The van der Waals surface area contributed by atoms with Gasteiger partial charge in [0, 0.05) is 0 Å². The number of ether oxygens (including phenoxy) is 2. The van der Waals surface area contributed by atoms with Crippen molar-refractivity contribution < 1.29 is 14.3 Å². The fourth-order valence-electron chi connectivity index (χ4n) is 4.53. The van der Waals surface area contributed by atoms with Crippen LogP contribution in [0.15, 0.2) is 122 Å². The van der Waals surface area contributed by atoms with Gasteiger partial charge in [-0.1, -0.05) is 161 Å². The maximum atomic E-state index is 11.8. The molecule has 0 radical (unpaired) electrons. The van der Waals surface area contributed by atoms with Crippen LogP contribution in [0.3, 0.4) is 0 Å². The molecule has 0 aromatic carbocycles. The number of carbonyl (C=O) groups excluding carboxylic acids is 1. The second-order valence-corrected chi connectivity index (χ2v) is 11.8. The first-order chi connectivity index (χ1) is 23.8. The van der Waals surface area contributed by atoms with Crippen molar-refractivity contribution in [3.8, 4) is 0 Å². The minimum Gasteiger partial charge on any atom is -0.434 e. The van der Waals surface area contributed by atoms with Gasteiger partial charge in [-0.2, -0.15) is 0 Å². The van der Waals surface area contributed by atoms with Crippen LogP contribution in [0.4, 0.5) is 4.79 Å². The van der Waals surface area contributed by atoms with Crippen LogP contribution in [0.5, 0.6) is 0 Å². The first-order valence-corrected chi connectivity index (χ1v) is 19.1. The predicted molar refractivity (Wildman–Crippen MR) is 212 cm³/mol. The lowest BCUT2D eigenvalue weighted by Crippen LogP contribution is -2.09. The summed E-state index contributed by atoms with van der Waals surface area (Å²) in [6.07, 6.45) is 65.3. The van der Waals surface area contributed by atoms with Gasteiger partial charge in [-0.05, 0) is 103 Å². The molecule has 0 fully saturated rings. The number of rotatable bonds is 32. The maximum absolute atomic E-state index is 11.8. The molecule has 0 heterocycles. The Morgan fingerprint density at radius 2 is 0.583 bits per heavy atom. The van der Waals surface area contributed by atoms with Crippen LogP contribution in [-0.2, 0) is 9.47 Å². The highest BCUT2D eigenvalue weighted by Gasteiger charge is 2.02. The van der Waals surface area contributed by atoms with E-state index in [4.69, 9.17) is 9.47 Å². The van der Waals surface area contributed by atoms with Crippen molar-refractivity contribution in [2.45, 2.75) is 142 Å². The zero-order valence-electron chi connectivity index (χ0n) is 30.8. The average molecular weight is 659 g/mol. The third-order valence-electron chi connectivity index (χ3n) is 7.29. The number of hydrogen-bond donors (Lipinski definition) is 0. The first kappa shape index (κ1) is 44.7. The second-order valence-electron chi connectivity index (χ2n) is 11.8. The van der Waals surface area contributed by atoms with E-state index in [2.05, 4.69) is 135 Å². The highest BCUT2D eigenvalue weighted by Crippen LogP contribution is 2.07.